The van der Waals surface area contributed by atoms with Gasteiger partial charge in [0.05, 0.1) is 13.2 Å². The molecular weight excluding hydrogens is 390 g/mol. The Labute approximate surface area is 186 Å². The number of aromatic nitrogens is 2. The molecule has 2 aliphatic carbocycles. The van der Waals surface area contributed by atoms with E-state index in [2.05, 4.69) is 21.8 Å². The molecule has 3 fully saturated rings. The highest BCUT2D eigenvalue weighted by molar-refractivity contribution is 5.94. The number of rotatable bonds is 6. The molecule has 31 heavy (non-hydrogen) atoms. The zero-order valence-electron chi connectivity index (χ0n) is 19.2. The summed E-state index contributed by atoms with van der Waals surface area (Å²) in [5.74, 6) is 0.155. The van der Waals surface area contributed by atoms with Crippen molar-refractivity contribution in [2.45, 2.75) is 82.8 Å². The first kappa shape index (κ1) is 21.4. The van der Waals surface area contributed by atoms with Crippen LogP contribution in [0.3, 0.4) is 0 Å². The van der Waals surface area contributed by atoms with Gasteiger partial charge in [0.15, 0.2) is 5.69 Å². The first-order chi connectivity index (χ1) is 15.2. The fourth-order valence-corrected chi connectivity index (χ4v) is 6.38. The van der Waals surface area contributed by atoms with Crippen LogP contribution >= 0.6 is 0 Å². The van der Waals surface area contributed by atoms with Crippen LogP contribution in [0.15, 0.2) is 0 Å². The predicted molar refractivity (Wildman–Crippen MR) is 120 cm³/mol. The highest BCUT2D eigenvalue weighted by Gasteiger charge is 2.41. The van der Waals surface area contributed by atoms with E-state index in [1.54, 1.807) is 0 Å². The van der Waals surface area contributed by atoms with E-state index in [0.29, 0.717) is 11.6 Å². The van der Waals surface area contributed by atoms with E-state index in [-0.39, 0.29) is 5.91 Å². The van der Waals surface area contributed by atoms with Gasteiger partial charge in [-0.25, -0.2) is 0 Å². The number of likely N-dealkylation sites (tertiary alicyclic amines) is 1. The van der Waals surface area contributed by atoms with Crippen LogP contribution in [-0.4, -0.2) is 83.0 Å². The summed E-state index contributed by atoms with van der Waals surface area (Å²) in [5.41, 5.74) is 3.54. The van der Waals surface area contributed by atoms with Gasteiger partial charge in [-0.05, 0) is 51.9 Å². The Hall–Kier alpha value is -1.44. The smallest absolute Gasteiger partial charge is 0.274 e. The first-order valence-corrected chi connectivity index (χ1v) is 12.6. The van der Waals surface area contributed by atoms with Gasteiger partial charge >= 0.3 is 0 Å². The van der Waals surface area contributed by atoms with Gasteiger partial charge in [0, 0.05) is 62.1 Å². The number of amides is 1. The second kappa shape index (κ2) is 9.20. The van der Waals surface area contributed by atoms with Crippen LogP contribution in [0.25, 0.3) is 0 Å². The van der Waals surface area contributed by atoms with E-state index in [1.165, 1.54) is 36.9 Å². The molecule has 1 N–H and O–H groups in total. The molecule has 1 amide bonds. The number of nitrogens with zero attached hydrogens (tertiary/aromatic N) is 4. The van der Waals surface area contributed by atoms with E-state index in [1.807, 2.05) is 4.90 Å². The summed E-state index contributed by atoms with van der Waals surface area (Å²) in [7, 11) is 0. The van der Waals surface area contributed by atoms with Gasteiger partial charge < -0.3 is 15.0 Å². The van der Waals surface area contributed by atoms with E-state index >= 15 is 0 Å². The van der Waals surface area contributed by atoms with Crippen molar-refractivity contribution >= 4 is 5.91 Å². The van der Waals surface area contributed by atoms with Crippen LogP contribution in [0.5, 0.6) is 0 Å². The Bertz CT molecular complexity index is 773. The summed E-state index contributed by atoms with van der Waals surface area (Å²) in [5, 5.41) is 8.75. The maximum atomic E-state index is 13.2. The number of carbonyl (C=O) groups excluding carboxylic acids is 1. The lowest BCUT2D eigenvalue weighted by molar-refractivity contribution is -0.0213. The highest BCUT2D eigenvalue weighted by Crippen LogP contribution is 2.36. The van der Waals surface area contributed by atoms with E-state index in [9.17, 15) is 4.79 Å². The van der Waals surface area contributed by atoms with Gasteiger partial charge in [-0.2, -0.15) is 5.10 Å². The largest absolute Gasteiger partial charge is 0.379 e. The second-order valence-corrected chi connectivity index (χ2v) is 9.94. The van der Waals surface area contributed by atoms with Crippen molar-refractivity contribution in [3.63, 3.8) is 0 Å². The minimum Gasteiger partial charge on any atom is -0.379 e. The molecule has 3 heterocycles. The molecule has 0 aromatic carbocycles. The maximum Gasteiger partial charge on any atom is 0.274 e. The third-order valence-corrected chi connectivity index (χ3v) is 8.18. The third-order valence-electron chi connectivity index (χ3n) is 8.18. The summed E-state index contributed by atoms with van der Waals surface area (Å²) in [4.78, 5) is 17.9. The Morgan fingerprint density at radius 1 is 1.13 bits per heavy atom. The number of morpholine rings is 1. The molecule has 5 rings (SSSR count). The lowest BCUT2D eigenvalue weighted by atomic mass is 9.89. The normalized spacial score (nSPS) is 26.4. The molecule has 1 aromatic heterocycles. The summed E-state index contributed by atoms with van der Waals surface area (Å²) in [6.45, 7) is 9.67. The van der Waals surface area contributed by atoms with E-state index < -0.39 is 0 Å². The predicted octanol–water partition coefficient (Wildman–Crippen LogP) is 2.23. The monoisotopic (exact) mass is 429 g/mol. The van der Waals surface area contributed by atoms with Crippen molar-refractivity contribution in [2.24, 2.45) is 0 Å². The number of hydrogen-bond donors (Lipinski definition) is 1. The number of ether oxygens (including phenoxy) is 1. The Balaban J connectivity index is 1.29. The van der Waals surface area contributed by atoms with Gasteiger partial charge in [-0.15, -0.1) is 0 Å². The molecule has 2 saturated heterocycles. The average molecular weight is 430 g/mol. The Kier molecular flexibility index (Phi) is 6.35. The SMILES string of the molecule is CCn1nc(C(=O)N2CCCC2)c2c1CC[C@H](NCC1(N3CCOCC3)CCCC1)C2. The topological polar surface area (TPSA) is 62.6 Å². The second-order valence-electron chi connectivity index (χ2n) is 9.94. The van der Waals surface area contributed by atoms with Gasteiger partial charge in [0.2, 0.25) is 0 Å². The Morgan fingerprint density at radius 2 is 1.87 bits per heavy atom. The summed E-state index contributed by atoms with van der Waals surface area (Å²) < 4.78 is 7.71. The number of fused-ring (bicyclic) bond motifs is 1. The first-order valence-electron chi connectivity index (χ1n) is 12.6. The van der Waals surface area contributed by atoms with Gasteiger partial charge in [-0.1, -0.05) is 12.8 Å². The van der Waals surface area contributed by atoms with Crippen LogP contribution in [0.2, 0.25) is 0 Å². The molecule has 0 spiro atoms. The summed E-state index contributed by atoms with van der Waals surface area (Å²) in [6.07, 6.45) is 10.6. The minimum atomic E-state index is 0.155. The molecule has 4 aliphatic rings. The van der Waals surface area contributed by atoms with Gasteiger partial charge in [0.25, 0.3) is 5.91 Å². The van der Waals surface area contributed by atoms with Crippen molar-refractivity contribution in [3.8, 4) is 0 Å². The number of nitrogens with one attached hydrogen (secondary N) is 1. The molecule has 2 aliphatic heterocycles. The van der Waals surface area contributed by atoms with E-state index in [0.717, 1.165) is 90.3 Å². The number of hydrogen-bond acceptors (Lipinski definition) is 5. The van der Waals surface area contributed by atoms with Crippen LogP contribution in [0, 0.1) is 0 Å². The molecule has 1 atom stereocenters. The molecule has 172 valence electrons. The van der Waals surface area contributed by atoms with Crippen molar-refractivity contribution in [1.82, 2.24) is 24.9 Å². The fraction of sp³-hybridized carbons (Fsp3) is 0.833. The third kappa shape index (κ3) is 4.16. The summed E-state index contributed by atoms with van der Waals surface area (Å²) in [6, 6.07) is 0.436. The van der Waals surface area contributed by atoms with Crippen molar-refractivity contribution in [3.05, 3.63) is 17.0 Å². The van der Waals surface area contributed by atoms with Gasteiger partial charge in [-0.3, -0.25) is 14.4 Å². The quantitative estimate of drug-likeness (QED) is 0.751. The zero-order valence-corrected chi connectivity index (χ0v) is 19.2. The number of aryl methyl sites for hydroxylation is 1. The maximum absolute atomic E-state index is 13.2. The summed E-state index contributed by atoms with van der Waals surface area (Å²) >= 11 is 0. The van der Waals surface area contributed by atoms with Crippen LogP contribution in [0.1, 0.15) is 73.6 Å². The van der Waals surface area contributed by atoms with Crippen LogP contribution in [-0.2, 0) is 24.1 Å². The van der Waals surface area contributed by atoms with Crippen molar-refractivity contribution in [1.29, 1.82) is 0 Å². The molecule has 0 unspecified atom stereocenters. The average Bonchev–Trinajstić information content (AvgIpc) is 3.58. The lowest BCUT2D eigenvalue weighted by Gasteiger charge is -2.44. The minimum absolute atomic E-state index is 0.155. The van der Waals surface area contributed by atoms with Crippen molar-refractivity contribution < 1.29 is 9.53 Å². The highest BCUT2D eigenvalue weighted by atomic mass is 16.5. The molecule has 0 radical (unpaired) electrons. The fourth-order valence-electron chi connectivity index (χ4n) is 6.38. The van der Waals surface area contributed by atoms with Crippen molar-refractivity contribution in [2.75, 3.05) is 45.9 Å². The van der Waals surface area contributed by atoms with Crippen LogP contribution in [0.4, 0.5) is 0 Å². The molecule has 7 heteroatoms. The van der Waals surface area contributed by atoms with E-state index in [4.69, 9.17) is 9.84 Å². The lowest BCUT2D eigenvalue weighted by Crippen LogP contribution is -2.58. The molecule has 1 saturated carbocycles. The van der Waals surface area contributed by atoms with Crippen LogP contribution < -0.4 is 5.32 Å². The standard InChI is InChI=1S/C24H39N5O2/c1-2-29-21-8-7-19(17-20(21)22(26-29)23(30)27-11-5-6-12-27)25-18-24(9-3-4-10-24)28-13-15-31-16-14-28/h19,25H,2-18H2,1H3/t19-/m0/s1. The zero-order chi connectivity index (χ0) is 21.3. The molecule has 0 bridgehead atoms. The molecule has 1 aromatic rings. The number of carbonyl (C=O) groups is 1. The molecule has 7 nitrogen and oxygen atoms in total. The van der Waals surface area contributed by atoms with Gasteiger partial charge in [0.1, 0.15) is 0 Å². The Morgan fingerprint density at radius 3 is 2.58 bits per heavy atom. The molecular formula is C24H39N5O2.